The van der Waals surface area contributed by atoms with Crippen LogP contribution in [-0.2, 0) is 9.71 Å². The summed E-state index contributed by atoms with van der Waals surface area (Å²) < 4.78 is 15.8. The molecular formula is C12H10N2OS2. The maximum Gasteiger partial charge on any atom is 0.126 e. The van der Waals surface area contributed by atoms with Gasteiger partial charge in [-0.1, -0.05) is 18.2 Å². The number of fused-ring (bicyclic) bond motifs is 1. The Morgan fingerprint density at radius 2 is 2.24 bits per heavy atom. The van der Waals surface area contributed by atoms with E-state index in [2.05, 4.69) is 9.71 Å². The number of aromatic nitrogens is 1. The van der Waals surface area contributed by atoms with Gasteiger partial charge in [0.25, 0.3) is 0 Å². The second kappa shape index (κ2) is 4.01. The zero-order valence-electron chi connectivity index (χ0n) is 8.87. The summed E-state index contributed by atoms with van der Waals surface area (Å²) in [6.45, 7) is 0. The van der Waals surface area contributed by atoms with Gasteiger partial charge in [-0.25, -0.2) is 9.19 Å². The van der Waals surface area contributed by atoms with E-state index in [0.29, 0.717) is 0 Å². The Morgan fingerprint density at radius 1 is 1.35 bits per heavy atom. The van der Waals surface area contributed by atoms with Crippen LogP contribution in [0.2, 0.25) is 0 Å². The smallest absolute Gasteiger partial charge is 0.126 e. The molecule has 0 amide bonds. The standard InChI is InChI=1S/C12H10N2OS2/c15-17(9-12-13-7-8-16-12)11-4-2-1-3-10(11)5-6-14-17/h1-9H,(H,14,15). The molecule has 86 valence electrons. The largest absolute Gasteiger partial charge is 0.315 e. The average molecular weight is 262 g/mol. The molecule has 0 spiro atoms. The molecule has 1 atom stereocenters. The lowest BCUT2D eigenvalue weighted by Gasteiger charge is -2.17. The SMILES string of the molecule is O=S1(=Cc2nccs2)NC=Cc2ccccc21. The first-order valence-corrected chi connectivity index (χ1v) is 7.59. The van der Waals surface area contributed by atoms with Crippen molar-refractivity contribution in [2.24, 2.45) is 0 Å². The summed E-state index contributed by atoms with van der Waals surface area (Å²) in [5.41, 5.74) is 0.990. The second-order valence-electron chi connectivity index (χ2n) is 3.58. The van der Waals surface area contributed by atoms with Crippen LogP contribution in [0, 0.1) is 0 Å². The van der Waals surface area contributed by atoms with Gasteiger partial charge in [0.15, 0.2) is 0 Å². The van der Waals surface area contributed by atoms with Crippen LogP contribution in [0.25, 0.3) is 6.08 Å². The molecule has 2 aromatic rings. The molecule has 0 aliphatic carbocycles. The molecule has 0 bridgehead atoms. The number of rotatable bonds is 1. The number of nitrogens with one attached hydrogen (secondary N) is 1. The fourth-order valence-corrected chi connectivity index (χ4v) is 4.43. The lowest BCUT2D eigenvalue weighted by molar-refractivity contribution is 0.676. The molecule has 3 nitrogen and oxygen atoms in total. The van der Waals surface area contributed by atoms with Crippen LogP contribution in [-0.4, -0.2) is 14.6 Å². The van der Waals surface area contributed by atoms with Crippen molar-refractivity contribution in [2.75, 3.05) is 0 Å². The molecule has 0 fully saturated rings. The van der Waals surface area contributed by atoms with Crippen LogP contribution in [0.15, 0.2) is 46.9 Å². The first-order chi connectivity index (χ1) is 8.28. The fourth-order valence-electron chi connectivity index (χ4n) is 1.71. The van der Waals surface area contributed by atoms with Gasteiger partial charge >= 0.3 is 0 Å². The minimum Gasteiger partial charge on any atom is -0.315 e. The van der Waals surface area contributed by atoms with E-state index in [9.17, 15) is 4.21 Å². The van der Waals surface area contributed by atoms with Gasteiger partial charge in [-0.2, -0.15) is 0 Å². The molecule has 0 saturated carbocycles. The Kier molecular flexibility index (Phi) is 2.49. The van der Waals surface area contributed by atoms with E-state index in [-0.39, 0.29) is 0 Å². The molecule has 17 heavy (non-hydrogen) atoms. The Hall–Kier alpha value is -1.59. The fraction of sp³-hybridized carbons (Fsp3) is 0. The van der Waals surface area contributed by atoms with Gasteiger partial charge in [-0.3, -0.25) is 0 Å². The highest BCUT2D eigenvalue weighted by atomic mass is 32.2. The van der Waals surface area contributed by atoms with Gasteiger partial charge in [0.2, 0.25) is 0 Å². The van der Waals surface area contributed by atoms with Crippen LogP contribution in [0.3, 0.4) is 0 Å². The molecule has 1 aliphatic heterocycles. The van der Waals surface area contributed by atoms with E-state index >= 15 is 0 Å². The molecule has 3 rings (SSSR count). The summed E-state index contributed by atoms with van der Waals surface area (Å²) in [6.07, 6.45) is 5.37. The van der Waals surface area contributed by atoms with Gasteiger partial charge in [0.1, 0.15) is 5.01 Å². The summed E-state index contributed by atoms with van der Waals surface area (Å²) in [7, 11) is -2.39. The Balaban J connectivity index is 2.23. The molecule has 0 radical (unpaired) electrons. The first kappa shape index (κ1) is 10.6. The monoisotopic (exact) mass is 262 g/mol. The molecule has 1 unspecified atom stereocenters. The van der Waals surface area contributed by atoms with Gasteiger partial charge in [-0.05, 0) is 17.7 Å². The van der Waals surface area contributed by atoms with Crippen molar-refractivity contribution in [3.8, 4) is 0 Å². The molecule has 2 heterocycles. The normalized spacial score (nSPS) is 21.6. The third kappa shape index (κ3) is 1.87. The van der Waals surface area contributed by atoms with Crippen LogP contribution >= 0.6 is 11.3 Å². The van der Waals surface area contributed by atoms with Crippen molar-refractivity contribution in [3.05, 3.63) is 52.6 Å². The Morgan fingerprint density at radius 3 is 3.06 bits per heavy atom. The van der Waals surface area contributed by atoms with E-state index in [1.807, 2.05) is 35.7 Å². The number of benzene rings is 1. The number of thiazole rings is 1. The Labute approximate surface area is 104 Å². The van der Waals surface area contributed by atoms with Crippen molar-refractivity contribution >= 4 is 32.5 Å². The van der Waals surface area contributed by atoms with Gasteiger partial charge < -0.3 is 4.72 Å². The lowest BCUT2D eigenvalue weighted by Crippen LogP contribution is -2.24. The van der Waals surface area contributed by atoms with Gasteiger partial charge in [0, 0.05) is 17.8 Å². The summed E-state index contributed by atoms with van der Waals surface area (Å²) in [5.74, 6) is 0. The molecule has 1 aliphatic rings. The highest BCUT2D eigenvalue weighted by Gasteiger charge is 2.16. The zero-order valence-corrected chi connectivity index (χ0v) is 10.5. The van der Waals surface area contributed by atoms with Crippen LogP contribution in [0.5, 0.6) is 0 Å². The number of hydrogen-bond acceptors (Lipinski definition) is 3. The van der Waals surface area contributed by atoms with Crippen molar-refractivity contribution in [2.45, 2.75) is 4.90 Å². The highest BCUT2D eigenvalue weighted by Crippen LogP contribution is 2.21. The van der Waals surface area contributed by atoms with Gasteiger partial charge in [0.05, 0.1) is 20.0 Å². The topological polar surface area (TPSA) is 42.0 Å². The van der Waals surface area contributed by atoms with Gasteiger partial charge in [-0.15, -0.1) is 11.3 Å². The van der Waals surface area contributed by atoms with Crippen LogP contribution in [0.1, 0.15) is 10.6 Å². The number of nitrogens with zero attached hydrogens (tertiary/aromatic N) is 1. The van der Waals surface area contributed by atoms with Crippen LogP contribution < -0.4 is 4.72 Å². The molecule has 1 aromatic carbocycles. The lowest BCUT2D eigenvalue weighted by atomic mass is 10.2. The van der Waals surface area contributed by atoms with Crippen LogP contribution in [0.4, 0.5) is 0 Å². The molecule has 0 saturated heterocycles. The summed E-state index contributed by atoms with van der Waals surface area (Å²) in [4.78, 5) is 4.97. The van der Waals surface area contributed by atoms with E-state index in [1.54, 1.807) is 17.8 Å². The second-order valence-corrected chi connectivity index (χ2v) is 6.62. The summed E-state index contributed by atoms with van der Waals surface area (Å²) in [6, 6.07) is 7.69. The first-order valence-electron chi connectivity index (χ1n) is 5.09. The number of hydrogen-bond donors (Lipinski definition) is 1. The summed E-state index contributed by atoms with van der Waals surface area (Å²) in [5, 5.41) is 4.35. The highest BCUT2D eigenvalue weighted by molar-refractivity contribution is 8.00. The minimum atomic E-state index is -2.39. The molecule has 1 aromatic heterocycles. The van der Waals surface area contributed by atoms with E-state index in [0.717, 1.165) is 15.5 Å². The maximum absolute atomic E-state index is 12.8. The maximum atomic E-state index is 12.8. The predicted molar refractivity (Wildman–Crippen MR) is 72.3 cm³/mol. The zero-order chi connectivity index (χ0) is 11.7. The third-order valence-corrected chi connectivity index (χ3v) is 5.41. The van der Waals surface area contributed by atoms with E-state index in [4.69, 9.17) is 0 Å². The quantitative estimate of drug-likeness (QED) is 0.800. The van der Waals surface area contributed by atoms with Crippen molar-refractivity contribution in [3.63, 3.8) is 0 Å². The molecule has 1 N–H and O–H groups in total. The Bertz CT molecular complexity index is 680. The predicted octanol–water partition coefficient (Wildman–Crippen LogP) is 2.13. The third-order valence-electron chi connectivity index (χ3n) is 2.47. The average Bonchev–Trinajstić information content (AvgIpc) is 2.82. The van der Waals surface area contributed by atoms with E-state index in [1.165, 1.54) is 11.3 Å². The molecular weight excluding hydrogens is 252 g/mol. The molecule has 5 heteroatoms. The van der Waals surface area contributed by atoms with Crippen molar-refractivity contribution in [1.29, 1.82) is 0 Å². The van der Waals surface area contributed by atoms with Crippen molar-refractivity contribution < 1.29 is 4.21 Å². The summed E-state index contributed by atoms with van der Waals surface area (Å²) >= 11 is 1.48. The minimum absolute atomic E-state index is 0.771. The van der Waals surface area contributed by atoms with Crippen molar-refractivity contribution in [1.82, 2.24) is 9.71 Å². The van der Waals surface area contributed by atoms with E-state index < -0.39 is 9.71 Å².